The summed E-state index contributed by atoms with van der Waals surface area (Å²) in [5.41, 5.74) is 0.856. The topological polar surface area (TPSA) is 0 Å². The van der Waals surface area contributed by atoms with Gasteiger partial charge in [-0.1, -0.05) is 71.4 Å². The van der Waals surface area contributed by atoms with Gasteiger partial charge in [0.15, 0.2) is 0 Å². The summed E-state index contributed by atoms with van der Waals surface area (Å²) < 4.78 is 0. The molecular formula is C12H21Si2-. The summed E-state index contributed by atoms with van der Waals surface area (Å²) in [5, 5.41) is 1.63. The number of hydrogen-bond acceptors (Lipinski definition) is 0. The summed E-state index contributed by atoms with van der Waals surface area (Å²) in [5.74, 6) is 0. The van der Waals surface area contributed by atoms with E-state index in [1.165, 1.54) is 0 Å². The fraction of sp³-hybridized carbons (Fsp3) is 0.500. The molecule has 0 aromatic heterocycles. The van der Waals surface area contributed by atoms with Crippen molar-refractivity contribution >= 4 is 21.1 Å². The summed E-state index contributed by atoms with van der Waals surface area (Å²) in [6.07, 6.45) is 0. The Morgan fingerprint density at radius 3 is 1.86 bits per heavy atom. The van der Waals surface area contributed by atoms with Crippen LogP contribution in [0.3, 0.4) is 0 Å². The first-order valence-electron chi connectivity index (χ1n) is 5.35. The van der Waals surface area contributed by atoms with E-state index in [1.807, 2.05) is 0 Å². The maximum Gasteiger partial charge on any atom is -0.0625 e. The molecule has 78 valence electrons. The van der Waals surface area contributed by atoms with Gasteiger partial charge in [0.2, 0.25) is 0 Å². The van der Waals surface area contributed by atoms with Crippen molar-refractivity contribution in [1.82, 2.24) is 0 Å². The van der Waals surface area contributed by atoms with Crippen molar-refractivity contribution in [2.45, 2.75) is 39.0 Å². The second-order valence-electron chi connectivity index (χ2n) is 5.18. The van der Waals surface area contributed by atoms with Crippen molar-refractivity contribution in [3.05, 3.63) is 30.3 Å². The van der Waals surface area contributed by atoms with Crippen LogP contribution < -0.4 is 5.19 Å². The lowest BCUT2D eigenvalue weighted by Crippen LogP contribution is -2.53. The van der Waals surface area contributed by atoms with Gasteiger partial charge in [0.25, 0.3) is 0 Å². The molecule has 0 aliphatic heterocycles. The summed E-state index contributed by atoms with van der Waals surface area (Å²) in [6, 6.07) is 11.1. The zero-order chi connectivity index (χ0) is 10.8. The van der Waals surface area contributed by atoms with Gasteiger partial charge in [-0.25, -0.2) is 5.19 Å². The highest BCUT2D eigenvalue weighted by molar-refractivity contribution is 7.36. The van der Waals surface area contributed by atoms with Gasteiger partial charge >= 0.3 is 0 Å². The lowest BCUT2D eigenvalue weighted by Gasteiger charge is -2.47. The average Bonchev–Trinajstić information content (AvgIpc) is 2.02. The highest BCUT2D eigenvalue weighted by Crippen LogP contribution is 2.18. The van der Waals surface area contributed by atoms with E-state index >= 15 is 0 Å². The molecule has 0 amide bonds. The van der Waals surface area contributed by atoms with E-state index in [1.54, 1.807) is 5.19 Å². The maximum atomic E-state index is 2.51. The van der Waals surface area contributed by atoms with Gasteiger partial charge in [-0.2, -0.15) is 5.54 Å². The van der Waals surface area contributed by atoms with Crippen LogP contribution >= 0.6 is 0 Å². The van der Waals surface area contributed by atoms with Crippen LogP contribution in [0.2, 0.25) is 25.2 Å². The Morgan fingerprint density at radius 2 is 1.50 bits per heavy atom. The molecule has 0 bridgehead atoms. The Balaban J connectivity index is 3.02. The van der Waals surface area contributed by atoms with Crippen LogP contribution in [0.4, 0.5) is 0 Å². The van der Waals surface area contributed by atoms with Gasteiger partial charge in [-0.05, 0) is 0 Å². The Bertz CT molecular complexity index is 272. The van der Waals surface area contributed by atoms with E-state index in [0.717, 1.165) is 5.54 Å². The maximum absolute atomic E-state index is 2.51. The van der Waals surface area contributed by atoms with Crippen molar-refractivity contribution in [3.63, 3.8) is 0 Å². The van der Waals surface area contributed by atoms with Crippen LogP contribution in [-0.2, 0) is 0 Å². The second-order valence-corrected chi connectivity index (χ2v) is 18.4. The zero-order valence-corrected chi connectivity index (χ0v) is 12.0. The first-order chi connectivity index (χ1) is 6.43. The molecule has 0 saturated carbocycles. The second kappa shape index (κ2) is 4.45. The van der Waals surface area contributed by atoms with Crippen molar-refractivity contribution < 1.29 is 0 Å². The predicted molar refractivity (Wildman–Crippen MR) is 70.3 cm³/mol. The van der Waals surface area contributed by atoms with Crippen LogP contribution in [0.15, 0.2) is 30.3 Å². The first kappa shape index (κ1) is 11.7. The third-order valence-corrected chi connectivity index (χ3v) is 13.6. The summed E-state index contributed by atoms with van der Waals surface area (Å²) in [6.45, 7) is 12.3. The van der Waals surface area contributed by atoms with Crippen molar-refractivity contribution in [3.8, 4) is 0 Å². The van der Waals surface area contributed by atoms with Gasteiger partial charge in [0.05, 0.1) is 0 Å². The third-order valence-electron chi connectivity index (χ3n) is 2.47. The minimum absolute atomic E-state index is 0.316. The van der Waals surface area contributed by atoms with Crippen molar-refractivity contribution in [2.75, 3.05) is 0 Å². The molecule has 0 aliphatic carbocycles. The molecule has 1 rings (SSSR count). The molecule has 0 heterocycles. The molecule has 0 N–H and O–H groups in total. The summed E-state index contributed by atoms with van der Waals surface area (Å²) in [4.78, 5) is 0. The van der Waals surface area contributed by atoms with E-state index in [9.17, 15) is 0 Å². The van der Waals surface area contributed by atoms with Crippen LogP contribution in [0, 0.1) is 0 Å². The number of rotatable bonds is 3. The van der Waals surface area contributed by atoms with Gasteiger partial charge in [0, 0.05) is 0 Å². The van der Waals surface area contributed by atoms with Gasteiger partial charge < -0.3 is 0 Å². The Labute approximate surface area is 90.8 Å². The van der Waals surface area contributed by atoms with E-state index in [2.05, 4.69) is 63.8 Å². The third kappa shape index (κ3) is 2.82. The molecule has 0 aliphatic rings. The van der Waals surface area contributed by atoms with E-state index in [4.69, 9.17) is 0 Å². The highest BCUT2D eigenvalue weighted by Gasteiger charge is 2.16. The fourth-order valence-corrected chi connectivity index (χ4v) is 14.4. The van der Waals surface area contributed by atoms with Crippen LogP contribution in [-0.4, -0.2) is 15.9 Å². The predicted octanol–water partition coefficient (Wildman–Crippen LogP) is 3.22. The molecule has 1 aromatic carbocycles. The fourth-order valence-electron chi connectivity index (χ4n) is 2.25. The zero-order valence-electron chi connectivity index (χ0n) is 9.96. The van der Waals surface area contributed by atoms with E-state index in [0.29, 0.717) is 0 Å². The molecule has 1 aromatic rings. The lowest BCUT2D eigenvalue weighted by atomic mass is 10.4. The van der Waals surface area contributed by atoms with Crippen molar-refractivity contribution in [2.24, 2.45) is 0 Å². The van der Waals surface area contributed by atoms with E-state index in [-0.39, 0.29) is 8.31 Å². The molecule has 0 nitrogen and oxygen atoms in total. The molecular weight excluding hydrogens is 200 g/mol. The standard InChI is InChI=1S/C12H21Si2/c1-11(2)13(14(3,4)5)12-9-7-6-8-10-12/h6-11H,1-5H3/q-1. The van der Waals surface area contributed by atoms with Gasteiger partial charge in [-0.15, -0.1) is 0 Å². The smallest absolute Gasteiger partial charge is 0.0625 e. The minimum Gasteiger partial charge on any atom is -0.280 e. The summed E-state index contributed by atoms with van der Waals surface area (Å²) in [7, 11) is -1.30. The average molecular weight is 221 g/mol. The molecule has 0 unspecified atom stereocenters. The summed E-state index contributed by atoms with van der Waals surface area (Å²) >= 11 is 0. The van der Waals surface area contributed by atoms with E-state index < -0.39 is 7.59 Å². The van der Waals surface area contributed by atoms with Gasteiger partial charge in [0.1, 0.15) is 0 Å². The molecule has 0 radical (unpaired) electrons. The first-order valence-corrected chi connectivity index (χ1v) is 11.4. The van der Waals surface area contributed by atoms with Crippen molar-refractivity contribution in [1.29, 1.82) is 0 Å². The molecule has 2 heteroatoms. The Hall–Kier alpha value is -0.346. The molecule has 14 heavy (non-hydrogen) atoms. The van der Waals surface area contributed by atoms with Crippen LogP contribution in [0.1, 0.15) is 13.8 Å². The highest BCUT2D eigenvalue weighted by atomic mass is 29.2. The normalized spacial score (nSPS) is 11.9. The molecule has 0 fully saturated rings. The van der Waals surface area contributed by atoms with Gasteiger partial charge in [-0.3, -0.25) is 8.31 Å². The van der Waals surface area contributed by atoms with Crippen LogP contribution in [0.25, 0.3) is 0 Å². The number of hydrogen-bond donors (Lipinski definition) is 0. The van der Waals surface area contributed by atoms with Crippen LogP contribution in [0.5, 0.6) is 0 Å². The lowest BCUT2D eigenvalue weighted by molar-refractivity contribution is 1.06. The molecule has 0 saturated heterocycles. The Morgan fingerprint density at radius 1 is 1.00 bits per heavy atom. The molecule has 0 spiro atoms. The largest absolute Gasteiger partial charge is 0.280 e. The quantitative estimate of drug-likeness (QED) is 0.688. The Kier molecular flexibility index (Phi) is 3.73. The number of benzene rings is 1. The minimum atomic E-state index is -0.989. The SMILES string of the molecule is CC(C)[Si-](c1ccccc1)[Si](C)(C)C. The monoisotopic (exact) mass is 221 g/mol. The molecule has 0 atom stereocenters.